The molecule has 5 heteroatoms. The van der Waals surface area contributed by atoms with Crippen LogP contribution in [-0.4, -0.2) is 34.6 Å². The van der Waals surface area contributed by atoms with Gasteiger partial charge >= 0.3 is 0 Å². The molecule has 0 bridgehead atoms. The Balaban J connectivity index is 1.69. The molecule has 1 atom stereocenters. The Hall–Kier alpha value is -2.27. The predicted octanol–water partition coefficient (Wildman–Crippen LogP) is 5.09. The van der Waals surface area contributed by atoms with Crippen molar-refractivity contribution in [3.05, 3.63) is 71.3 Å². The smallest absolute Gasteiger partial charge is 0.243 e. The maximum atomic E-state index is 13.3. The minimum atomic E-state index is -0.438. The number of carbonyl (C=O) groups excluding carboxylic acids is 2. The largest absolute Gasteiger partial charge is 0.352 e. The van der Waals surface area contributed by atoms with Crippen LogP contribution in [0.4, 0.5) is 0 Å². The lowest BCUT2D eigenvalue weighted by Crippen LogP contribution is -2.51. The number of nitrogens with one attached hydrogen (secondary N) is 1. The molecule has 2 aromatic rings. The zero-order valence-electron chi connectivity index (χ0n) is 18.7. The summed E-state index contributed by atoms with van der Waals surface area (Å²) in [5.41, 5.74) is 3.45. The number of aryl methyl sites for hydroxylation is 1. The Morgan fingerprint density at radius 3 is 2.35 bits per heavy atom. The fourth-order valence-corrected chi connectivity index (χ4v) is 4.96. The first kappa shape index (κ1) is 23.4. The van der Waals surface area contributed by atoms with Gasteiger partial charge in [-0.1, -0.05) is 79.9 Å². The highest BCUT2D eigenvalue weighted by Gasteiger charge is 2.30. The molecule has 1 aliphatic rings. The van der Waals surface area contributed by atoms with Crippen molar-refractivity contribution in [3.63, 3.8) is 0 Å². The van der Waals surface area contributed by atoms with Crippen LogP contribution in [0, 0.1) is 6.92 Å². The SMILES string of the molecule is CCC(C(=O)NC1CCCC1)N(Cc1ccc(C)cc1)C(=O)CSCc1ccccc1. The van der Waals surface area contributed by atoms with Crippen LogP contribution in [-0.2, 0) is 21.9 Å². The first-order valence-corrected chi connectivity index (χ1v) is 12.5. The Morgan fingerprint density at radius 1 is 1.03 bits per heavy atom. The van der Waals surface area contributed by atoms with E-state index in [2.05, 4.69) is 36.5 Å². The molecule has 2 amide bonds. The van der Waals surface area contributed by atoms with Gasteiger partial charge in [-0.15, -0.1) is 11.8 Å². The van der Waals surface area contributed by atoms with Crippen molar-refractivity contribution in [2.24, 2.45) is 0 Å². The summed E-state index contributed by atoms with van der Waals surface area (Å²) in [5, 5.41) is 3.20. The standard InChI is InChI=1S/C26H34N2O2S/c1-3-24(26(30)27-23-11-7-8-12-23)28(17-21-15-13-20(2)14-16-21)25(29)19-31-18-22-9-5-4-6-10-22/h4-6,9-10,13-16,23-24H,3,7-8,11-12,17-19H2,1-2H3,(H,27,30). The van der Waals surface area contributed by atoms with Crippen LogP contribution >= 0.6 is 11.8 Å². The van der Waals surface area contributed by atoms with Gasteiger partial charge in [0.25, 0.3) is 0 Å². The van der Waals surface area contributed by atoms with Gasteiger partial charge in [0, 0.05) is 18.3 Å². The number of hydrogen-bond donors (Lipinski definition) is 1. The molecule has 0 spiro atoms. The number of hydrogen-bond acceptors (Lipinski definition) is 3. The molecule has 3 rings (SSSR count). The molecule has 0 aromatic heterocycles. The second-order valence-corrected chi connectivity index (χ2v) is 9.39. The van der Waals surface area contributed by atoms with Crippen LogP contribution in [0.15, 0.2) is 54.6 Å². The molecule has 4 nitrogen and oxygen atoms in total. The fourth-order valence-electron chi connectivity index (χ4n) is 4.09. The van der Waals surface area contributed by atoms with Crippen LogP contribution < -0.4 is 5.32 Å². The molecule has 1 saturated carbocycles. The van der Waals surface area contributed by atoms with E-state index in [-0.39, 0.29) is 17.9 Å². The minimum Gasteiger partial charge on any atom is -0.352 e. The lowest BCUT2D eigenvalue weighted by molar-refractivity contribution is -0.139. The summed E-state index contributed by atoms with van der Waals surface area (Å²) in [4.78, 5) is 28.2. The summed E-state index contributed by atoms with van der Waals surface area (Å²) in [7, 11) is 0. The van der Waals surface area contributed by atoms with Gasteiger partial charge in [0.05, 0.1) is 5.75 Å². The molecule has 1 N–H and O–H groups in total. The third kappa shape index (κ3) is 7.13. The molecular formula is C26H34N2O2S. The van der Waals surface area contributed by atoms with Crippen LogP contribution in [0.2, 0.25) is 0 Å². The van der Waals surface area contributed by atoms with Gasteiger partial charge in [0.15, 0.2) is 0 Å². The molecule has 0 aliphatic heterocycles. The van der Waals surface area contributed by atoms with E-state index in [4.69, 9.17) is 0 Å². The van der Waals surface area contributed by atoms with E-state index < -0.39 is 6.04 Å². The Labute approximate surface area is 190 Å². The first-order valence-electron chi connectivity index (χ1n) is 11.3. The molecule has 2 aromatic carbocycles. The highest BCUT2D eigenvalue weighted by Crippen LogP contribution is 2.20. The summed E-state index contributed by atoms with van der Waals surface area (Å²) in [6, 6.07) is 18.2. The summed E-state index contributed by atoms with van der Waals surface area (Å²) in [5.74, 6) is 1.17. The molecule has 1 unspecified atom stereocenters. The molecule has 1 fully saturated rings. The Kier molecular flexibility index (Phi) is 9.01. The van der Waals surface area contributed by atoms with Crippen molar-refractivity contribution in [3.8, 4) is 0 Å². The Morgan fingerprint density at radius 2 is 1.71 bits per heavy atom. The summed E-state index contributed by atoms with van der Waals surface area (Å²) in [6.07, 6.45) is 5.04. The highest BCUT2D eigenvalue weighted by molar-refractivity contribution is 7.99. The highest BCUT2D eigenvalue weighted by atomic mass is 32.2. The van der Waals surface area contributed by atoms with Crippen LogP contribution in [0.5, 0.6) is 0 Å². The number of carbonyl (C=O) groups is 2. The second kappa shape index (κ2) is 11.9. The first-order chi connectivity index (χ1) is 15.1. The van der Waals surface area contributed by atoms with E-state index in [0.29, 0.717) is 18.7 Å². The monoisotopic (exact) mass is 438 g/mol. The summed E-state index contributed by atoms with van der Waals surface area (Å²) < 4.78 is 0. The maximum Gasteiger partial charge on any atom is 0.243 e. The van der Waals surface area contributed by atoms with E-state index in [0.717, 1.165) is 24.2 Å². The number of benzene rings is 2. The average molecular weight is 439 g/mol. The third-order valence-corrected chi connectivity index (χ3v) is 6.89. The van der Waals surface area contributed by atoms with Crippen molar-refractivity contribution >= 4 is 23.6 Å². The predicted molar refractivity (Wildman–Crippen MR) is 129 cm³/mol. The van der Waals surface area contributed by atoms with Gasteiger partial charge in [0.2, 0.25) is 11.8 Å². The lowest BCUT2D eigenvalue weighted by atomic mass is 10.1. The molecule has 0 heterocycles. The van der Waals surface area contributed by atoms with Crippen molar-refractivity contribution in [2.75, 3.05) is 5.75 Å². The molecule has 166 valence electrons. The molecule has 1 aliphatic carbocycles. The van der Waals surface area contributed by atoms with Crippen molar-refractivity contribution in [1.82, 2.24) is 10.2 Å². The minimum absolute atomic E-state index is 0.0112. The van der Waals surface area contributed by atoms with Gasteiger partial charge < -0.3 is 10.2 Å². The fraction of sp³-hybridized carbons (Fsp3) is 0.462. The van der Waals surface area contributed by atoms with Gasteiger partial charge in [0.1, 0.15) is 6.04 Å². The number of amides is 2. The van der Waals surface area contributed by atoms with E-state index in [1.54, 1.807) is 16.7 Å². The van der Waals surface area contributed by atoms with Gasteiger partial charge in [-0.2, -0.15) is 0 Å². The van der Waals surface area contributed by atoms with Gasteiger partial charge in [-0.3, -0.25) is 9.59 Å². The normalized spacial score (nSPS) is 14.9. The number of rotatable bonds is 10. The van der Waals surface area contributed by atoms with E-state index in [9.17, 15) is 9.59 Å². The van der Waals surface area contributed by atoms with Crippen molar-refractivity contribution in [1.29, 1.82) is 0 Å². The van der Waals surface area contributed by atoms with Crippen LogP contribution in [0.25, 0.3) is 0 Å². The molecule has 0 saturated heterocycles. The number of nitrogens with zero attached hydrogens (tertiary/aromatic N) is 1. The van der Waals surface area contributed by atoms with Gasteiger partial charge in [-0.05, 0) is 37.3 Å². The second-order valence-electron chi connectivity index (χ2n) is 8.40. The van der Waals surface area contributed by atoms with Gasteiger partial charge in [-0.25, -0.2) is 0 Å². The quantitative estimate of drug-likeness (QED) is 0.562. The zero-order chi connectivity index (χ0) is 22.1. The topological polar surface area (TPSA) is 49.4 Å². The summed E-state index contributed by atoms with van der Waals surface area (Å²) in [6.45, 7) is 4.50. The Bertz CT molecular complexity index is 832. The third-order valence-electron chi connectivity index (χ3n) is 5.90. The van der Waals surface area contributed by atoms with Crippen molar-refractivity contribution in [2.45, 2.75) is 70.3 Å². The van der Waals surface area contributed by atoms with Crippen LogP contribution in [0.3, 0.4) is 0 Å². The van der Waals surface area contributed by atoms with E-state index >= 15 is 0 Å². The molecule has 31 heavy (non-hydrogen) atoms. The van der Waals surface area contributed by atoms with E-state index in [1.165, 1.54) is 24.0 Å². The zero-order valence-corrected chi connectivity index (χ0v) is 19.5. The average Bonchev–Trinajstić information content (AvgIpc) is 3.28. The lowest BCUT2D eigenvalue weighted by Gasteiger charge is -2.31. The molecular weight excluding hydrogens is 404 g/mol. The van der Waals surface area contributed by atoms with Crippen molar-refractivity contribution < 1.29 is 9.59 Å². The summed E-state index contributed by atoms with van der Waals surface area (Å²) >= 11 is 1.61. The van der Waals surface area contributed by atoms with Crippen LogP contribution in [0.1, 0.15) is 55.7 Å². The molecule has 0 radical (unpaired) electrons. The maximum absolute atomic E-state index is 13.3. The number of thioether (sulfide) groups is 1. The van der Waals surface area contributed by atoms with E-state index in [1.807, 2.05) is 37.3 Å².